The van der Waals surface area contributed by atoms with Crippen LogP contribution in [-0.2, 0) is 4.79 Å². The van der Waals surface area contributed by atoms with Crippen LogP contribution in [0.1, 0.15) is 32.4 Å². The lowest BCUT2D eigenvalue weighted by Crippen LogP contribution is -2.44. The zero-order valence-electron chi connectivity index (χ0n) is 12.5. The summed E-state index contributed by atoms with van der Waals surface area (Å²) >= 11 is 3.51. The number of benzene rings is 1. The van der Waals surface area contributed by atoms with Crippen molar-refractivity contribution < 1.29 is 14.3 Å². The van der Waals surface area contributed by atoms with Gasteiger partial charge in [-0.3, -0.25) is 4.79 Å². The van der Waals surface area contributed by atoms with Crippen molar-refractivity contribution in [3.8, 4) is 11.5 Å². The summed E-state index contributed by atoms with van der Waals surface area (Å²) in [5, 5.41) is 2.93. The van der Waals surface area contributed by atoms with Crippen LogP contribution < -0.4 is 20.5 Å². The Labute approximate surface area is 133 Å². The van der Waals surface area contributed by atoms with E-state index in [0.29, 0.717) is 24.7 Å². The third-order valence-corrected chi connectivity index (χ3v) is 4.19. The van der Waals surface area contributed by atoms with Crippen LogP contribution >= 0.6 is 15.9 Å². The van der Waals surface area contributed by atoms with Crippen molar-refractivity contribution in [2.45, 2.75) is 32.9 Å². The zero-order chi connectivity index (χ0) is 15.6. The Morgan fingerprint density at radius 1 is 1.24 bits per heavy atom. The number of carbonyl (C=O) groups is 1. The smallest absolute Gasteiger partial charge is 0.237 e. The molecule has 2 atom stereocenters. The minimum atomic E-state index is -0.511. The molecule has 1 heterocycles. The van der Waals surface area contributed by atoms with Gasteiger partial charge in [-0.2, -0.15) is 0 Å². The van der Waals surface area contributed by atoms with Crippen LogP contribution in [0.2, 0.25) is 0 Å². The summed E-state index contributed by atoms with van der Waals surface area (Å²) in [5.41, 5.74) is 6.80. The fourth-order valence-corrected chi connectivity index (χ4v) is 2.77. The van der Waals surface area contributed by atoms with Gasteiger partial charge in [0.05, 0.1) is 12.1 Å². The summed E-state index contributed by atoms with van der Waals surface area (Å²) in [5.74, 6) is 1.36. The fourth-order valence-electron chi connectivity index (χ4n) is 2.10. The SMILES string of the molecule is CC(NC(=O)[C@@H](N)C(C)C)c1cc2c(cc1Br)OCCO2. The van der Waals surface area contributed by atoms with Gasteiger partial charge in [0.25, 0.3) is 0 Å². The van der Waals surface area contributed by atoms with Gasteiger partial charge in [-0.15, -0.1) is 0 Å². The second kappa shape index (κ2) is 6.66. The number of amides is 1. The topological polar surface area (TPSA) is 73.6 Å². The summed E-state index contributed by atoms with van der Waals surface area (Å²) in [7, 11) is 0. The van der Waals surface area contributed by atoms with Crippen molar-refractivity contribution in [1.29, 1.82) is 0 Å². The van der Waals surface area contributed by atoms with Crippen molar-refractivity contribution in [1.82, 2.24) is 5.32 Å². The minimum absolute atomic E-state index is 0.0981. The quantitative estimate of drug-likeness (QED) is 0.868. The number of halogens is 1. The molecule has 2 rings (SSSR count). The number of ether oxygens (including phenoxy) is 2. The molecule has 0 aromatic heterocycles. The molecule has 1 unspecified atom stereocenters. The molecule has 0 spiro atoms. The van der Waals surface area contributed by atoms with E-state index in [1.165, 1.54) is 0 Å². The molecule has 1 amide bonds. The van der Waals surface area contributed by atoms with Crippen LogP contribution in [0, 0.1) is 5.92 Å². The van der Waals surface area contributed by atoms with Gasteiger partial charge in [-0.1, -0.05) is 29.8 Å². The summed E-state index contributed by atoms with van der Waals surface area (Å²) in [6.45, 7) is 6.85. The number of hydrogen-bond acceptors (Lipinski definition) is 4. The highest BCUT2D eigenvalue weighted by Gasteiger charge is 2.22. The maximum Gasteiger partial charge on any atom is 0.237 e. The van der Waals surface area contributed by atoms with Gasteiger partial charge in [0.15, 0.2) is 11.5 Å². The molecule has 1 aromatic rings. The lowest BCUT2D eigenvalue weighted by molar-refractivity contribution is -0.123. The molecular formula is C15H21BrN2O3. The van der Waals surface area contributed by atoms with Crippen molar-refractivity contribution in [3.63, 3.8) is 0 Å². The van der Waals surface area contributed by atoms with E-state index >= 15 is 0 Å². The Morgan fingerprint density at radius 2 is 1.81 bits per heavy atom. The highest BCUT2D eigenvalue weighted by atomic mass is 79.9. The summed E-state index contributed by atoms with van der Waals surface area (Å²) < 4.78 is 12.0. The average molecular weight is 357 g/mol. The van der Waals surface area contributed by atoms with E-state index < -0.39 is 6.04 Å². The van der Waals surface area contributed by atoms with Crippen molar-refractivity contribution in [2.75, 3.05) is 13.2 Å². The average Bonchev–Trinajstić information content (AvgIpc) is 2.45. The predicted octanol–water partition coefficient (Wildman–Crippen LogP) is 2.38. The second-order valence-electron chi connectivity index (χ2n) is 5.52. The van der Waals surface area contributed by atoms with Gasteiger partial charge in [-0.25, -0.2) is 0 Å². The first-order valence-corrected chi connectivity index (χ1v) is 7.84. The molecule has 21 heavy (non-hydrogen) atoms. The molecule has 0 saturated heterocycles. The molecule has 1 aliphatic rings. The van der Waals surface area contributed by atoms with E-state index in [1.54, 1.807) is 0 Å². The molecule has 0 radical (unpaired) electrons. The second-order valence-corrected chi connectivity index (χ2v) is 6.37. The van der Waals surface area contributed by atoms with Crippen LogP contribution in [0.25, 0.3) is 0 Å². The van der Waals surface area contributed by atoms with Crippen LogP contribution in [0.15, 0.2) is 16.6 Å². The Morgan fingerprint density at radius 3 is 2.38 bits per heavy atom. The molecule has 1 aromatic carbocycles. The molecule has 1 aliphatic heterocycles. The van der Waals surface area contributed by atoms with E-state index in [2.05, 4.69) is 21.2 Å². The van der Waals surface area contributed by atoms with Gasteiger partial charge in [0.2, 0.25) is 5.91 Å². The lowest BCUT2D eigenvalue weighted by atomic mass is 10.0. The summed E-state index contributed by atoms with van der Waals surface area (Å²) in [6.07, 6.45) is 0. The Balaban J connectivity index is 2.15. The van der Waals surface area contributed by atoms with E-state index in [0.717, 1.165) is 10.0 Å². The fraction of sp³-hybridized carbons (Fsp3) is 0.533. The molecule has 116 valence electrons. The van der Waals surface area contributed by atoms with E-state index in [-0.39, 0.29) is 17.9 Å². The number of hydrogen-bond donors (Lipinski definition) is 2. The third-order valence-electron chi connectivity index (χ3n) is 3.51. The Kier molecular flexibility index (Phi) is 5.11. The maximum atomic E-state index is 12.1. The zero-order valence-corrected chi connectivity index (χ0v) is 14.1. The van der Waals surface area contributed by atoms with Gasteiger partial charge in [0.1, 0.15) is 13.2 Å². The first-order valence-electron chi connectivity index (χ1n) is 7.05. The number of rotatable bonds is 4. The highest BCUT2D eigenvalue weighted by molar-refractivity contribution is 9.10. The van der Waals surface area contributed by atoms with Crippen LogP contribution in [0.4, 0.5) is 0 Å². The van der Waals surface area contributed by atoms with E-state index in [1.807, 2.05) is 32.9 Å². The standard InChI is InChI=1S/C15H21BrN2O3/c1-8(2)14(17)15(19)18-9(3)10-6-12-13(7-11(10)16)21-5-4-20-12/h6-9,14H,4-5,17H2,1-3H3,(H,18,19)/t9?,14-/m0/s1. The monoisotopic (exact) mass is 356 g/mol. The van der Waals surface area contributed by atoms with Crippen molar-refractivity contribution in [3.05, 3.63) is 22.2 Å². The first-order chi connectivity index (χ1) is 9.90. The van der Waals surface area contributed by atoms with Crippen molar-refractivity contribution >= 4 is 21.8 Å². The Bertz CT molecular complexity index is 534. The van der Waals surface area contributed by atoms with Crippen molar-refractivity contribution in [2.24, 2.45) is 11.7 Å². The van der Waals surface area contributed by atoms with Gasteiger partial charge in [0, 0.05) is 4.47 Å². The molecule has 0 fully saturated rings. The van der Waals surface area contributed by atoms with Gasteiger partial charge in [-0.05, 0) is 30.5 Å². The normalized spacial score (nSPS) is 16.5. The molecule has 3 N–H and O–H groups in total. The number of carbonyl (C=O) groups excluding carboxylic acids is 1. The van der Waals surface area contributed by atoms with Gasteiger partial charge < -0.3 is 20.5 Å². The molecule has 0 aliphatic carbocycles. The number of nitrogens with two attached hydrogens (primary N) is 1. The molecule has 6 heteroatoms. The number of fused-ring (bicyclic) bond motifs is 1. The van der Waals surface area contributed by atoms with Crippen LogP contribution in [0.3, 0.4) is 0 Å². The van der Waals surface area contributed by atoms with Gasteiger partial charge >= 0.3 is 0 Å². The summed E-state index contributed by atoms with van der Waals surface area (Å²) in [6, 6.07) is 3.08. The highest BCUT2D eigenvalue weighted by Crippen LogP contribution is 2.37. The molecular weight excluding hydrogens is 336 g/mol. The van der Waals surface area contributed by atoms with Crippen LogP contribution in [-0.4, -0.2) is 25.2 Å². The minimum Gasteiger partial charge on any atom is -0.486 e. The van der Waals surface area contributed by atoms with E-state index in [9.17, 15) is 4.79 Å². The lowest BCUT2D eigenvalue weighted by Gasteiger charge is -2.24. The largest absolute Gasteiger partial charge is 0.486 e. The maximum absolute atomic E-state index is 12.1. The first kappa shape index (κ1) is 16.1. The molecule has 5 nitrogen and oxygen atoms in total. The molecule has 0 saturated carbocycles. The number of nitrogens with one attached hydrogen (secondary N) is 1. The predicted molar refractivity (Wildman–Crippen MR) is 84.5 cm³/mol. The molecule has 0 bridgehead atoms. The van der Waals surface area contributed by atoms with Crippen LogP contribution in [0.5, 0.6) is 11.5 Å². The van der Waals surface area contributed by atoms with E-state index in [4.69, 9.17) is 15.2 Å². The third kappa shape index (κ3) is 3.68. The summed E-state index contributed by atoms with van der Waals surface area (Å²) in [4.78, 5) is 12.1. The Hall–Kier alpha value is -1.27.